The number of rotatable bonds is 7. The van der Waals surface area contributed by atoms with E-state index in [1.54, 1.807) is 49.1 Å². The lowest BCUT2D eigenvalue weighted by Crippen LogP contribution is -2.33. The van der Waals surface area contributed by atoms with Crippen LogP contribution in [0.3, 0.4) is 0 Å². The topological polar surface area (TPSA) is 117 Å². The smallest absolute Gasteiger partial charge is 0.341 e. The van der Waals surface area contributed by atoms with E-state index in [0.29, 0.717) is 24.3 Å². The van der Waals surface area contributed by atoms with E-state index >= 15 is 0 Å². The molecule has 0 fully saturated rings. The second-order valence-corrected chi connectivity index (χ2v) is 7.08. The Morgan fingerprint density at radius 3 is 2.79 bits per heavy atom. The van der Waals surface area contributed by atoms with E-state index < -0.39 is 11.9 Å². The minimum absolute atomic E-state index is 0.0138. The van der Waals surface area contributed by atoms with Crippen LogP contribution in [0.4, 0.5) is 0 Å². The van der Waals surface area contributed by atoms with Crippen LogP contribution in [0, 0.1) is 0 Å². The number of ether oxygens (including phenoxy) is 2. The number of esters is 1. The highest BCUT2D eigenvalue weighted by atomic mass is 16.5. The van der Waals surface area contributed by atoms with Gasteiger partial charge in [-0.2, -0.15) is 4.99 Å². The summed E-state index contributed by atoms with van der Waals surface area (Å²) < 4.78 is 18.5. The van der Waals surface area contributed by atoms with Crippen molar-refractivity contribution in [3.63, 3.8) is 0 Å². The summed E-state index contributed by atoms with van der Waals surface area (Å²) in [7, 11) is 1.57. The van der Waals surface area contributed by atoms with Crippen molar-refractivity contribution in [2.45, 2.75) is 19.9 Å². The Kier molecular flexibility index (Phi) is 6.45. The van der Waals surface area contributed by atoms with Gasteiger partial charge in [-0.05, 0) is 43.7 Å². The van der Waals surface area contributed by atoms with Crippen molar-refractivity contribution in [2.24, 2.45) is 4.99 Å². The van der Waals surface area contributed by atoms with Crippen LogP contribution in [0.25, 0.3) is 16.7 Å². The van der Waals surface area contributed by atoms with E-state index in [1.807, 2.05) is 0 Å². The van der Waals surface area contributed by atoms with Crippen LogP contribution in [0.1, 0.15) is 34.3 Å². The van der Waals surface area contributed by atoms with Crippen LogP contribution in [0.15, 0.2) is 63.1 Å². The highest BCUT2D eigenvalue weighted by Crippen LogP contribution is 2.12. The summed E-state index contributed by atoms with van der Waals surface area (Å²) >= 11 is 0. The summed E-state index contributed by atoms with van der Waals surface area (Å²) in [6.45, 7) is 2.48. The Morgan fingerprint density at radius 1 is 1.21 bits per heavy atom. The molecule has 4 rings (SSSR count). The van der Waals surface area contributed by atoms with Gasteiger partial charge >= 0.3 is 11.9 Å². The van der Waals surface area contributed by atoms with Gasteiger partial charge in [-0.1, -0.05) is 6.07 Å². The molecule has 0 spiro atoms. The molecule has 4 heterocycles. The first-order valence-electron chi connectivity index (χ1n) is 10.4. The molecule has 0 radical (unpaired) electrons. The predicted octanol–water partition coefficient (Wildman–Crippen LogP) is 2.20. The van der Waals surface area contributed by atoms with Gasteiger partial charge < -0.3 is 18.5 Å². The van der Waals surface area contributed by atoms with Gasteiger partial charge in [-0.3, -0.25) is 14.0 Å². The Balaban J connectivity index is 2.10. The maximum atomic E-state index is 13.2. The molecule has 10 nitrogen and oxygen atoms in total. The van der Waals surface area contributed by atoms with Gasteiger partial charge in [0.05, 0.1) is 18.3 Å². The summed E-state index contributed by atoms with van der Waals surface area (Å²) in [5.41, 5.74) is 0.372. The van der Waals surface area contributed by atoms with Crippen molar-refractivity contribution in [1.82, 2.24) is 14.0 Å². The molecule has 0 saturated carbocycles. The van der Waals surface area contributed by atoms with Crippen molar-refractivity contribution in [3.8, 4) is 0 Å². The predicted molar refractivity (Wildman–Crippen MR) is 118 cm³/mol. The highest BCUT2D eigenvalue weighted by molar-refractivity contribution is 5.95. The van der Waals surface area contributed by atoms with Gasteiger partial charge in [-0.25, -0.2) is 9.78 Å². The average molecular weight is 450 g/mol. The van der Waals surface area contributed by atoms with Gasteiger partial charge in [0.25, 0.3) is 5.56 Å². The summed E-state index contributed by atoms with van der Waals surface area (Å²) in [5.74, 6) is -1.37. The van der Waals surface area contributed by atoms with Crippen molar-refractivity contribution in [1.29, 1.82) is 0 Å². The number of amides is 1. The molecule has 0 aliphatic carbocycles. The lowest BCUT2D eigenvalue weighted by atomic mass is 10.2. The van der Waals surface area contributed by atoms with Crippen molar-refractivity contribution < 1.29 is 23.5 Å². The first kappa shape index (κ1) is 22.2. The lowest BCUT2D eigenvalue weighted by Gasteiger charge is -2.15. The molecule has 0 aliphatic rings. The Labute approximate surface area is 187 Å². The molecule has 4 aromatic rings. The summed E-state index contributed by atoms with van der Waals surface area (Å²) in [6, 6.07) is 9.60. The summed E-state index contributed by atoms with van der Waals surface area (Å²) in [6.07, 6.45) is 3.48. The number of fused-ring (bicyclic) bond motifs is 2. The first-order valence-corrected chi connectivity index (χ1v) is 10.4. The minimum atomic E-state index is -0.705. The van der Waals surface area contributed by atoms with Crippen LogP contribution in [-0.4, -0.2) is 46.2 Å². The average Bonchev–Trinajstić information content (AvgIpc) is 3.36. The van der Waals surface area contributed by atoms with Crippen LogP contribution < -0.4 is 11.0 Å². The molecule has 0 saturated heterocycles. The van der Waals surface area contributed by atoms with E-state index in [9.17, 15) is 14.4 Å². The van der Waals surface area contributed by atoms with Crippen molar-refractivity contribution in [2.75, 3.05) is 20.3 Å². The number of pyridine rings is 2. The van der Waals surface area contributed by atoms with Crippen LogP contribution in [-0.2, 0) is 16.0 Å². The third kappa shape index (κ3) is 4.33. The molecular formula is C23H22N4O6. The number of carbonyl (C=O) groups excluding carboxylic acids is 2. The second-order valence-electron chi connectivity index (χ2n) is 7.08. The molecule has 170 valence electrons. The third-order valence-corrected chi connectivity index (χ3v) is 4.95. The molecule has 0 aromatic carbocycles. The van der Waals surface area contributed by atoms with Gasteiger partial charge in [0, 0.05) is 26.5 Å². The Hall–Kier alpha value is -4.05. The van der Waals surface area contributed by atoms with E-state index in [1.165, 1.54) is 22.8 Å². The standard InChI is InChI=1S/C23H22N4O6/c1-3-32-23(30)16-14-15-19(24-18-9-4-5-10-26(18)22(15)29)27(11-7-12-31-2)20(16)25-21(28)17-8-6-13-33-17/h4-6,8-10,13-14H,3,7,11-12H2,1-2H3. The number of nitrogens with zero attached hydrogens (tertiary/aromatic N) is 4. The second kappa shape index (κ2) is 9.61. The highest BCUT2D eigenvalue weighted by Gasteiger charge is 2.20. The molecule has 0 bridgehead atoms. The number of furan rings is 1. The SMILES string of the molecule is CCOC(=O)c1cc2c(=O)n3ccccc3nc2n(CCCOC)c1=NC(=O)c1ccco1. The van der Waals surface area contributed by atoms with E-state index in [0.717, 1.165) is 0 Å². The first-order chi connectivity index (χ1) is 16.0. The van der Waals surface area contributed by atoms with Gasteiger partial charge in [0.1, 0.15) is 16.9 Å². The monoisotopic (exact) mass is 450 g/mol. The van der Waals surface area contributed by atoms with Gasteiger partial charge in [0.2, 0.25) is 0 Å². The number of hydrogen-bond donors (Lipinski definition) is 0. The molecule has 4 aromatic heterocycles. The quantitative estimate of drug-likeness (QED) is 0.241. The molecule has 0 unspecified atom stereocenters. The third-order valence-electron chi connectivity index (χ3n) is 4.95. The summed E-state index contributed by atoms with van der Waals surface area (Å²) in [4.78, 5) is 47.7. The zero-order chi connectivity index (χ0) is 23.4. The Bertz CT molecular complexity index is 1450. The lowest BCUT2D eigenvalue weighted by molar-refractivity contribution is 0.0523. The molecule has 0 aliphatic heterocycles. The number of aryl methyl sites for hydroxylation is 1. The maximum Gasteiger partial charge on any atom is 0.341 e. The van der Waals surface area contributed by atoms with Gasteiger partial charge in [-0.15, -0.1) is 0 Å². The van der Waals surface area contributed by atoms with E-state index in [2.05, 4.69) is 9.98 Å². The Morgan fingerprint density at radius 2 is 2.06 bits per heavy atom. The van der Waals surface area contributed by atoms with Gasteiger partial charge in [0.15, 0.2) is 11.2 Å². The number of hydrogen-bond acceptors (Lipinski definition) is 7. The molecule has 10 heteroatoms. The van der Waals surface area contributed by atoms with E-state index in [-0.39, 0.29) is 40.9 Å². The largest absolute Gasteiger partial charge is 0.462 e. The van der Waals surface area contributed by atoms with Crippen molar-refractivity contribution in [3.05, 3.63) is 76.0 Å². The fourth-order valence-corrected chi connectivity index (χ4v) is 3.49. The molecule has 0 N–H and O–H groups in total. The maximum absolute atomic E-state index is 13.2. The molecular weight excluding hydrogens is 428 g/mol. The van der Waals surface area contributed by atoms with Crippen molar-refractivity contribution >= 4 is 28.6 Å². The number of methoxy groups -OCH3 is 1. The number of aromatic nitrogens is 3. The number of carbonyl (C=O) groups is 2. The minimum Gasteiger partial charge on any atom is -0.462 e. The fourth-order valence-electron chi connectivity index (χ4n) is 3.49. The normalized spacial score (nSPS) is 11.9. The zero-order valence-electron chi connectivity index (χ0n) is 18.2. The fraction of sp³-hybridized carbons (Fsp3) is 0.261. The van der Waals surface area contributed by atoms with E-state index in [4.69, 9.17) is 13.9 Å². The summed E-state index contributed by atoms with van der Waals surface area (Å²) in [5, 5.41) is 0.198. The zero-order valence-corrected chi connectivity index (χ0v) is 18.2. The molecule has 33 heavy (non-hydrogen) atoms. The molecule has 1 amide bonds. The van der Waals surface area contributed by atoms with Crippen LogP contribution >= 0.6 is 0 Å². The van der Waals surface area contributed by atoms with Crippen LogP contribution in [0.5, 0.6) is 0 Å². The van der Waals surface area contributed by atoms with Crippen LogP contribution in [0.2, 0.25) is 0 Å². The molecule has 0 atom stereocenters.